The van der Waals surface area contributed by atoms with Crippen molar-refractivity contribution in [3.63, 3.8) is 0 Å². The van der Waals surface area contributed by atoms with Crippen LogP contribution in [0.25, 0.3) is 11.3 Å². The Morgan fingerprint density at radius 3 is 2.65 bits per heavy atom. The number of aryl methyl sites for hydroxylation is 1. The molecule has 1 aliphatic rings. The van der Waals surface area contributed by atoms with Crippen molar-refractivity contribution in [1.82, 2.24) is 4.98 Å². The average Bonchev–Trinajstić information content (AvgIpc) is 3.34. The maximum atomic E-state index is 13.1. The minimum Gasteiger partial charge on any atom is -0.497 e. The molecule has 3 aromatic rings. The Morgan fingerprint density at radius 1 is 1.23 bits per heavy atom. The third-order valence-electron chi connectivity index (χ3n) is 4.70. The largest absolute Gasteiger partial charge is 0.497 e. The molecule has 0 saturated carbocycles. The number of thiazole rings is 1. The molecule has 4 rings (SSSR count). The Labute approximate surface area is 187 Å². The molecule has 0 spiro atoms. The van der Waals surface area contributed by atoms with Crippen LogP contribution in [0.15, 0.2) is 58.9 Å². The molecule has 2 heterocycles. The number of ether oxygens (including phenoxy) is 1. The minimum absolute atomic E-state index is 0.274. The van der Waals surface area contributed by atoms with Gasteiger partial charge in [-0.2, -0.15) is 0 Å². The van der Waals surface area contributed by atoms with E-state index in [9.17, 15) is 14.7 Å². The second kappa shape index (κ2) is 8.91. The number of hydrogen-bond donors (Lipinski definition) is 1. The van der Waals surface area contributed by atoms with E-state index in [2.05, 4.69) is 9.98 Å². The summed E-state index contributed by atoms with van der Waals surface area (Å²) in [6.07, 6.45) is -0.274. The number of thioether (sulfide) groups is 1. The number of aromatic nitrogens is 1. The van der Waals surface area contributed by atoms with Crippen LogP contribution in [0.3, 0.4) is 0 Å². The lowest BCUT2D eigenvalue weighted by Gasteiger charge is -2.13. The summed E-state index contributed by atoms with van der Waals surface area (Å²) < 4.78 is 5.19. The molecular weight excluding hydrogens is 434 g/mol. The van der Waals surface area contributed by atoms with E-state index in [0.717, 1.165) is 40.0 Å². The van der Waals surface area contributed by atoms with E-state index >= 15 is 0 Å². The lowest BCUT2D eigenvalue weighted by atomic mass is 10.2. The Kier molecular flexibility index (Phi) is 6.06. The van der Waals surface area contributed by atoms with Crippen LogP contribution in [-0.4, -0.2) is 39.5 Å². The Balaban J connectivity index is 1.71. The fourth-order valence-electron chi connectivity index (χ4n) is 3.06. The van der Waals surface area contributed by atoms with Crippen LogP contribution in [0, 0.1) is 6.92 Å². The Morgan fingerprint density at radius 2 is 1.97 bits per heavy atom. The van der Waals surface area contributed by atoms with Gasteiger partial charge in [-0.25, -0.2) is 14.9 Å². The van der Waals surface area contributed by atoms with Crippen LogP contribution in [0.2, 0.25) is 0 Å². The molecular formula is C22H19N3O4S2. The molecule has 31 heavy (non-hydrogen) atoms. The third kappa shape index (κ3) is 4.47. The molecule has 1 aromatic heterocycles. The van der Waals surface area contributed by atoms with Gasteiger partial charge < -0.3 is 9.84 Å². The van der Waals surface area contributed by atoms with E-state index in [0.29, 0.717) is 10.3 Å². The van der Waals surface area contributed by atoms with Crippen molar-refractivity contribution in [3.8, 4) is 17.0 Å². The molecule has 158 valence electrons. The monoisotopic (exact) mass is 453 g/mol. The Hall–Kier alpha value is -3.17. The zero-order valence-corrected chi connectivity index (χ0v) is 18.4. The summed E-state index contributed by atoms with van der Waals surface area (Å²) in [6.45, 7) is 1.94. The van der Waals surface area contributed by atoms with Crippen molar-refractivity contribution in [1.29, 1.82) is 0 Å². The van der Waals surface area contributed by atoms with Gasteiger partial charge in [-0.1, -0.05) is 30.0 Å². The van der Waals surface area contributed by atoms with Gasteiger partial charge in [-0.3, -0.25) is 9.59 Å². The first-order valence-corrected chi connectivity index (χ1v) is 11.2. The van der Waals surface area contributed by atoms with Gasteiger partial charge in [0.2, 0.25) is 5.91 Å². The lowest BCUT2D eigenvalue weighted by Crippen LogP contribution is -2.32. The number of benzene rings is 2. The van der Waals surface area contributed by atoms with Crippen molar-refractivity contribution < 1.29 is 19.4 Å². The van der Waals surface area contributed by atoms with Crippen molar-refractivity contribution >= 4 is 51.0 Å². The molecule has 0 radical (unpaired) electrons. The maximum Gasteiger partial charge on any atom is 0.305 e. The van der Waals surface area contributed by atoms with Gasteiger partial charge in [0.05, 0.1) is 24.9 Å². The fraction of sp³-hybridized carbons (Fsp3) is 0.182. The molecule has 1 amide bonds. The highest BCUT2D eigenvalue weighted by atomic mass is 32.2. The van der Waals surface area contributed by atoms with Crippen LogP contribution in [0.1, 0.15) is 12.0 Å². The summed E-state index contributed by atoms with van der Waals surface area (Å²) in [4.78, 5) is 35.1. The predicted octanol–water partition coefficient (Wildman–Crippen LogP) is 4.74. The first-order chi connectivity index (χ1) is 15.0. The summed E-state index contributed by atoms with van der Waals surface area (Å²) in [5, 5.41) is 11.2. The van der Waals surface area contributed by atoms with Crippen molar-refractivity contribution in [3.05, 3.63) is 59.5 Å². The number of methoxy groups -OCH3 is 1. The highest BCUT2D eigenvalue weighted by molar-refractivity contribution is 8.16. The number of amidine groups is 1. The average molecular weight is 454 g/mol. The van der Waals surface area contributed by atoms with Gasteiger partial charge in [-0.15, -0.1) is 11.3 Å². The highest BCUT2D eigenvalue weighted by Gasteiger charge is 2.41. The van der Waals surface area contributed by atoms with Crippen molar-refractivity contribution in [2.24, 2.45) is 4.99 Å². The molecule has 1 N–H and O–H groups in total. The summed E-state index contributed by atoms with van der Waals surface area (Å²) in [6, 6.07) is 15.1. The number of carbonyl (C=O) groups is 2. The van der Waals surface area contributed by atoms with Gasteiger partial charge in [-0.05, 0) is 42.8 Å². The minimum atomic E-state index is -1.03. The van der Waals surface area contributed by atoms with Gasteiger partial charge in [0.25, 0.3) is 0 Å². The van der Waals surface area contributed by atoms with Crippen LogP contribution in [0.4, 0.5) is 10.8 Å². The molecule has 1 fully saturated rings. The van der Waals surface area contributed by atoms with Crippen molar-refractivity contribution in [2.45, 2.75) is 18.6 Å². The second-order valence-corrected chi connectivity index (χ2v) is 8.81. The summed E-state index contributed by atoms with van der Waals surface area (Å²) in [5.74, 6) is -0.606. The predicted molar refractivity (Wildman–Crippen MR) is 123 cm³/mol. The molecule has 1 atom stereocenters. The van der Waals surface area contributed by atoms with Crippen molar-refractivity contribution in [2.75, 3.05) is 12.0 Å². The van der Waals surface area contributed by atoms with Gasteiger partial charge in [0.15, 0.2) is 10.3 Å². The topological polar surface area (TPSA) is 92.1 Å². The second-order valence-electron chi connectivity index (χ2n) is 6.80. The van der Waals surface area contributed by atoms with Crippen LogP contribution >= 0.6 is 23.1 Å². The molecule has 2 aromatic carbocycles. The highest BCUT2D eigenvalue weighted by Crippen LogP contribution is 2.38. The lowest BCUT2D eigenvalue weighted by molar-refractivity contribution is -0.138. The molecule has 1 saturated heterocycles. The fourth-order valence-corrected chi connectivity index (χ4v) is 5.08. The number of para-hydroxylation sites is 1. The first-order valence-electron chi connectivity index (χ1n) is 9.43. The summed E-state index contributed by atoms with van der Waals surface area (Å²) in [7, 11) is 1.61. The molecule has 0 aliphatic carbocycles. The van der Waals surface area contributed by atoms with Gasteiger partial charge in [0.1, 0.15) is 11.0 Å². The van der Waals surface area contributed by atoms with Crippen LogP contribution in [0.5, 0.6) is 5.75 Å². The SMILES string of the molecule is COc1ccc(-c2csc(N3C(=O)C(CC(=O)O)SC3=Nc3ccccc3C)n2)cc1. The van der Waals surface area contributed by atoms with E-state index in [4.69, 9.17) is 4.74 Å². The normalized spacial score (nSPS) is 17.4. The number of rotatable bonds is 6. The number of nitrogens with zero attached hydrogens (tertiary/aromatic N) is 3. The van der Waals surface area contributed by atoms with Gasteiger partial charge >= 0.3 is 5.97 Å². The number of hydrogen-bond acceptors (Lipinski definition) is 7. The van der Waals surface area contributed by atoms with E-state index in [1.807, 2.05) is 60.8 Å². The quantitative estimate of drug-likeness (QED) is 0.580. The zero-order valence-electron chi connectivity index (χ0n) is 16.8. The van der Waals surface area contributed by atoms with Crippen LogP contribution in [-0.2, 0) is 9.59 Å². The Bertz CT molecular complexity index is 1160. The molecule has 9 heteroatoms. The number of amides is 1. The number of aliphatic carboxylic acids is 1. The van der Waals surface area contributed by atoms with E-state index in [1.165, 1.54) is 16.2 Å². The molecule has 1 unspecified atom stereocenters. The number of carbonyl (C=O) groups excluding carboxylic acids is 1. The van der Waals surface area contributed by atoms with E-state index < -0.39 is 11.2 Å². The number of carboxylic acids is 1. The molecule has 1 aliphatic heterocycles. The van der Waals surface area contributed by atoms with E-state index in [-0.39, 0.29) is 12.3 Å². The number of aliphatic imine (C=N–C) groups is 1. The summed E-state index contributed by atoms with van der Waals surface area (Å²) in [5.41, 5.74) is 3.30. The number of carboxylic acid groups (broad SMARTS) is 1. The number of anilines is 1. The maximum absolute atomic E-state index is 13.1. The van der Waals surface area contributed by atoms with Crippen LogP contribution < -0.4 is 9.64 Å². The zero-order chi connectivity index (χ0) is 22.0. The summed E-state index contributed by atoms with van der Waals surface area (Å²) >= 11 is 2.48. The van der Waals surface area contributed by atoms with E-state index in [1.54, 1.807) is 7.11 Å². The molecule has 0 bridgehead atoms. The molecule has 7 nitrogen and oxygen atoms in total. The standard InChI is InChI=1S/C22H19N3O4S2/c1-13-5-3-4-6-16(13)23-22-25(20(28)18(31-22)11-19(26)27)21-24-17(12-30-21)14-7-9-15(29-2)10-8-14/h3-10,12,18H,11H2,1-2H3,(H,26,27). The third-order valence-corrected chi connectivity index (χ3v) is 6.66. The first kappa shape index (κ1) is 21.1. The van der Waals surface area contributed by atoms with Gasteiger partial charge in [0, 0.05) is 10.9 Å². The smallest absolute Gasteiger partial charge is 0.305 e.